The van der Waals surface area contributed by atoms with Gasteiger partial charge in [0.2, 0.25) is 0 Å². The van der Waals surface area contributed by atoms with Gasteiger partial charge >= 0.3 is 5.91 Å². The minimum Gasteiger partial charge on any atom is -0.493 e. The van der Waals surface area contributed by atoms with Gasteiger partial charge in [0.15, 0.2) is 11.5 Å². The van der Waals surface area contributed by atoms with Gasteiger partial charge in [-0.15, -0.1) is 0 Å². The Morgan fingerprint density at radius 1 is 1.07 bits per heavy atom. The highest BCUT2D eigenvalue weighted by Crippen LogP contribution is 2.32. The molecule has 0 aromatic heterocycles. The Morgan fingerprint density at radius 2 is 1.83 bits per heavy atom. The predicted octanol–water partition coefficient (Wildman–Crippen LogP) is 3.84. The number of ether oxygens (including phenoxy) is 2. The van der Waals surface area contributed by atoms with Crippen molar-refractivity contribution in [1.82, 2.24) is 4.90 Å². The normalized spacial score (nSPS) is 13.4. The summed E-state index contributed by atoms with van der Waals surface area (Å²) in [5, 5.41) is 0. The first kappa shape index (κ1) is 20.9. The van der Waals surface area contributed by atoms with Crippen LogP contribution in [0.15, 0.2) is 36.4 Å². The average molecular weight is 396 g/mol. The zero-order valence-electron chi connectivity index (χ0n) is 17.7. The highest BCUT2D eigenvalue weighted by Gasteiger charge is 2.36. The zero-order chi connectivity index (χ0) is 21.1. The summed E-state index contributed by atoms with van der Waals surface area (Å²) < 4.78 is 11.0. The van der Waals surface area contributed by atoms with Crippen molar-refractivity contribution in [3.63, 3.8) is 0 Å². The maximum atomic E-state index is 12.6. The Kier molecular flexibility index (Phi) is 6.23. The number of carbonyl (C=O) groups is 2. The highest BCUT2D eigenvalue weighted by molar-refractivity contribution is 6.52. The number of hydrogen-bond donors (Lipinski definition) is 0. The number of methoxy groups -OCH3 is 1. The van der Waals surface area contributed by atoms with Crippen molar-refractivity contribution < 1.29 is 19.1 Å². The summed E-state index contributed by atoms with van der Waals surface area (Å²) in [5.74, 6) is 0.776. The van der Waals surface area contributed by atoms with E-state index in [1.54, 1.807) is 12.0 Å². The molecule has 0 saturated carbocycles. The van der Waals surface area contributed by atoms with Gasteiger partial charge in [0, 0.05) is 6.54 Å². The second-order valence-electron chi connectivity index (χ2n) is 7.57. The summed E-state index contributed by atoms with van der Waals surface area (Å²) in [7, 11) is 3.53. The first-order valence-electron chi connectivity index (χ1n) is 9.84. The summed E-state index contributed by atoms with van der Waals surface area (Å²) >= 11 is 0. The molecule has 0 bridgehead atoms. The lowest BCUT2D eigenvalue weighted by atomic mass is 9.99. The number of amides is 1. The Hall–Kier alpha value is -2.86. The fraction of sp³-hybridized carbons (Fsp3) is 0.391. The number of rotatable bonds is 8. The van der Waals surface area contributed by atoms with Gasteiger partial charge in [0.25, 0.3) is 5.78 Å². The number of ketones is 1. The van der Waals surface area contributed by atoms with Crippen LogP contribution in [-0.4, -0.2) is 44.0 Å². The molecule has 0 unspecified atom stereocenters. The van der Waals surface area contributed by atoms with Crippen LogP contribution < -0.4 is 14.4 Å². The first-order valence-corrected chi connectivity index (χ1v) is 9.84. The number of hydrogen-bond acceptors (Lipinski definition) is 5. The van der Waals surface area contributed by atoms with E-state index in [1.165, 1.54) is 0 Å². The summed E-state index contributed by atoms with van der Waals surface area (Å²) in [4.78, 5) is 28.6. The molecule has 0 aliphatic carbocycles. The molecule has 3 rings (SSSR count). The maximum Gasteiger partial charge on any atom is 0.300 e. The summed E-state index contributed by atoms with van der Waals surface area (Å²) in [6.07, 6.45) is 0. The van der Waals surface area contributed by atoms with Gasteiger partial charge < -0.3 is 9.47 Å². The monoisotopic (exact) mass is 396 g/mol. The van der Waals surface area contributed by atoms with Crippen molar-refractivity contribution in [2.45, 2.75) is 33.2 Å². The molecule has 154 valence electrons. The van der Waals surface area contributed by atoms with Crippen LogP contribution in [0.4, 0.5) is 5.69 Å². The van der Waals surface area contributed by atoms with Crippen LogP contribution in [0.1, 0.15) is 48.2 Å². The molecule has 29 heavy (non-hydrogen) atoms. The molecule has 6 nitrogen and oxygen atoms in total. The molecule has 1 aliphatic rings. The molecule has 0 saturated heterocycles. The number of anilines is 1. The van der Waals surface area contributed by atoms with E-state index in [2.05, 4.69) is 13.8 Å². The van der Waals surface area contributed by atoms with Gasteiger partial charge in [0.05, 0.1) is 31.6 Å². The molecule has 2 aromatic carbocycles. The third-order valence-electron chi connectivity index (χ3n) is 5.03. The second kappa shape index (κ2) is 8.66. The topological polar surface area (TPSA) is 59.1 Å². The van der Waals surface area contributed by atoms with E-state index < -0.39 is 11.7 Å². The van der Waals surface area contributed by atoms with E-state index in [-0.39, 0.29) is 0 Å². The van der Waals surface area contributed by atoms with Crippen molar-refractivity contribution in [3.8, 4) is 11.5 Å². The predicted molar refractivity (Wildman–Crippen MR) is 113 cm³/mol. The van der Waals surface area contributed by atoms with Gasteiger partial charge in [0.1, 0.15) is 0 Å². The number of fused-ring (bicyclic) bond motifs is 1. The third-order valence-corrected chi connectivity index (χ3v) is 5.03. The van der Waals surface area contributed by atoms with E-state index in [0.717, 1.165) is 11.1 Å². The fourth-order valence-electron chi connectivity index (χ4n) is 3.51. The molecule has 1 amide bonds. The Bertz CT molecular complexity index is 923. The molecule has 0 radical (unpaired) electrons. The summed E-state index contributed by atoms with van der Waals surface area (Å²) in [6, 6.07) is 11.5. The van der Waals surface area contributed by atoms with Gasteiger partial charge in [-0.05, 0) is 55.3 Å². The van der Waals surface area contributed by atoms with Crippen LogP contribution in [0.5, 0.6) is 11.5 Å². The minimum atomic E-state index is -0.475. The van der Waals surface area contributed by atoms with Crippen LogP contribution in [0.25, 0.3) is 0 Å². The van der Waals surface area contributed by atoms with Crippen molar-refractivity contribution in [1.29, 1.82) is 0 Å². The van der Waals surface area contributed by atoms with Crippen LogP contribution >= 0.6 is 0 Å². The van der Waals surface area contributed by atoms with Crippen LogP contribution in [0.2, 0.25) is 0 Å². The number of nitrogens with zero attached hydrogens (tertiary/aromatic N) is 2. The fourth-order valence-corrected chi connectivity index (χ4v) is 3.51. The van der Waals surface area contributed by atoms with E-state index in [4.69, 9.17) is 9.47 Å². The molecule has 0 fully saturated rings. The Balaban J connectivity index is 1.75. The van der Waals surface area contributed by atoms with E-state index >= 15 is 0 Å². The molecular weight excluding hydrogens is 368 g/mol. The van der Waals surface area contributed by atoms with E-state index in [9.17, 15) is 9.59 Å². The largest absolute Gasteiger partial charge is 0.493 e. The average Bonchev–Trinajstić information content (AvgIpc) is 2.93. The third kappa shape index (κ3) is 4.27. The van der Waals surface area contributed by atoms with Crippen molar-refractivity contribution in [2.75, 3.05) is 32.3 Å². The van der Waals surface area contributed by atoms with Gasteiger partial charge in [-0.2, -0.15) is 0 Å². The zero-order valence-corrected chi connectivity index (χ0v) is 17.7. The molecule has 0 N–H and O–H groups in total. The van der Waals surface area contributed by atoms with Crippen molar-refractivity contribution in [2.24, 2.45) is 0 Å². The van der Waals surface area contributed by atoms with Crippen LogP contribution in [-0.2, 0) is 11.3 Å². The molecular formula is C23H28N2O4. The number of benzene rings is 2. The van der Waals surface area contributed by atoms with Crippen LogP contribution in [0.3, 0.4) is 0 Å². The highest BCUT2D eigenvalue weighted by atomic mass is 16.5. The molecule has 2 aromatic rings. The van der Waals surface area contributed by atoms with E-state index in [0.29, 0.717) is 48.5 Å². The smallest absolute Gasteiger partial charge is 0.300 e. The van der Waals surface area contributed by atoms with Crippen molar-refractivity contribution in [3.05, 3.63) is 53.1 Å². The van der Waals surface area contributed by atoms with Crippen molar-refractivity contribution >= 4 is 17.4 Å². The maximum absolute atomic E-state index is 12.6. The lowest BCUT2D eigenvalue weighted by Crippen LogP contribution is -2.38. The van der Waals surface area contributed by atoms with Crippen LogP contribution in [0, 0.1) is 0 Å². The summed E-state index contributed by atoms with van der Waals surface area (Å²) in [6.45, 7) is 7.56. The van der Waals surface area contributed by atoms with Gasteiger partial charge in [-0.1, -0.05) is 26.0 Å². The molecule has 1 heterocycles. The molecule has 1 aliphatic heterocycles. The van der Waals surface area contributed by atoms with Gasteiger partial charge in [-0.25, -0.2) is 0 Å². The SMILES string of the molecule is CCOc1ccc(CN(C)CN2C(=O)C(=O)c3cc(C(C)C)ccc32)cc1OC. The molecule has 0 atom stereocenters. The lowest BCUT2D eigenvalue weighted by molar-refractivity contribution is -0.114. The summed E-state index contributed by atoms with van der Waals surface area (Å²) in [5.41, 5.74) is 3.26. The lowest BCUT2D eigenvalue weighted by Gasteiger charge is -2.25. The standard InChI is InChI=1S/C23H28N2O4/c1-6-29-20-10-7-16(11-21(20)28-5)13-24(4)14-25-19-9-8-17(15(2)3)12-18(19)22(26)23(25)27/h7-12,15H,6,13-14H2,1-5H3. The second-order valence-corrected chi connectivity index (χ2v) is 7.57. The number of Topliss-reactive ketones (excluding diaryl/α,β-unsaturated/α-hetero) is 1. The molecule has 0 spiro atoms. The minimum absolute atomic E-state index is 0.301. The molecule has 6 heteroatoms. The van der Waals surface area contributed by atoms with E-state index in [1.807, 2.05) is 55.3 Å². The Morgan fingerprint density at radius 3 is 2.48 bits per heavy atom. The number of carbonyl (C=O) groups excluding carboxylic acids is 2. The first-order chi connectivity index (χ1) is 13.8. The Labute approximate surface area is 172 Å². The quantitative estimate of drug-likeness (QED) is 0.635. The van der Waals surface area contributed by atoms with Gasteiger partial charge in [-0.3, -0.25) is 19.4 Å².